The summed E-state index contributed by atoms with van der Waals surface area (Å²) in [5.74, 6) is 0. The largest absolute Gasteiger partial charge is 0.330 e. The first-order chi connectivity index (χ1) is 7.16. The van der Waals surface area contributed by atoms with Crippen LogP contribution in [0.15, 0.2) is 0 Å². The molecule has 0 aliphatic carbocycles. The van der Waals surface area contributed by atoms with E-state index in [-0.39, 0.29) is 6.61 Å². The summed E-state index contributed by atoms with van der Waals surface area (Å²) in [5, 5.41) is 0. The summed E-state index contributed by atoms with van der Waals surface area (Å²) in [7, 11) is 0. The third-order valence-electron chi connectivity index (χ3n) is 1.09. The van der Waals surface area contributed by atoms with Gasteiger partial charge in [0.2, 0.25) is 0 Å². The van der Waals surface area contributed by atoms with E-state index in [2.05, 4.69) is 0 Å². The number of hydrogen-bond acceptors (Lipinski definition) is 3. The molecule has 0 aromatic rings. The highest BCUT2D eigenvalue weighted by atomic mass is 16.9. The molecule has 2 unspecified atom stereocenters. The Morgan fingerprint density at radius 2 is 2.00 bits per heavy atom. The Kier molecular flexibility index (Phi) is 1.03. The Bertz CT molecular complexity index is 215. The van der Waals surface area contributed by atoms with Crippen molar-refractivity contribution in [2.24, 2.45) is 0 Å². The smallest absolute Gasteiger partial charge is 0.272 e. The first-order valence-corrected chi connectivity index (χ1v) is 3.08. The summed E-state index contributed by atoms with van der Waals surface area (Å²) in [6, 6.07) is 0. The van der Waals surface area contributed by atoms with Crippen LogP contribution in [0.5, 0.6) is 0 Å². The topological polar surface area (TPSA) is 27.7 Å². The molecule has 0 radical (unpaired) electrons. The maximum Gasteiger partial charge on any atom is 0.272 e. The van der Waals surface area contributed by atoms with Gasteiger partial charge in [0.15, 0.2) is 0 Å². The van der Waals surface area contributed by atoms with E-state index in [1.54, 1.807) is 6.92 Å². The lowest BCUT2D eigenvalue weighted by Crippen LogP contribution is -2.13. The molecule has 3 nitrogen and oxygen atoms in total. The van der Waals surface area contributed by atoms with Gasteiger partial charge in [0.1, 0.15) is 0 Å². The highest BCUT2D eigenvalue weighted by Crippen LogP contribution is 2.18. The zero-order valence-electron chi connectivity index (χ0n) is 11.7. The normalized spacial score (nSPS) is 51.9. The molecule has 0 aromatic carbocycles. The average Bonchev–Trinajstić information content (AvgIpc) is 2.47. The Hall–Kier alpha value is -0.120. The van der Waals surface area contributed by atoms with Crippen molar-refractivity contribution in [3.63, 3.8) is 0 Å². The summed E-state index contributed by atoms with van der Waals surface area (Å²) in [4.78, 5) is 0. The van der Waals surface area contributed by atoms with Gasteiger partial charge in [0.25, 0.3) is 6.48 Å². The van der Waals surface area contributed by atoms with Crippen molar-refractivity contribution in [3.05, 3.63) is 0 Å². The fraction of sp³-hybridized carbons (Fsp3) is 1.00. The first kappa shape index (κ1) is 3.09. The SMILES string of the molecule is [2H]C([2H])([2H])C1OC(OCC)OC1C([2H])([2H])[2H]. The summed E-state index contributed by atoms with van der Waals surface area (Å²) < 4.78 is 57.9. The minimum absolute atomic E-state index is 0.242. The lowest BCUT2D eigenvalue weighted by molar-refractivity contribution is -0.238. The van der Waals surface area contributed by atoms with E-state index in [1.807, 2.05) is 0 Å². The summed E-state index contributed by atoms with van der Waals surface area (Å²) >= 11 is 0. The molecule has 0 bridgehead atoms. The number of hydrogen-bond donors (Lipinski definition) is 0. The fourth-order valence-electron chi connectivity index (χ4n) is 0.629. The standard InChI is InChI=1S/C7H14O3/c1-4-8-7-9-5(2)6(3)10-7/h5-7H,4H2,1-3H3/i2D3,3D3. The molecular weight excluding hydrogens is 132 g/mol. The summed E-state index contributed by atoms with van der Waals surface area (Å²) in [6.45, 7) is -4.41. The fourth-order valence-corrected chi connectivity index (χ4v) is 0.629. The van der Waals surface area contributed by atoms with Crippen LogP contribution in [0, 0.1) is 0 Å². The van der Waals surface area contributed by atoms with Gasteiger partial charge >= 0.3 is 0 Å². The lowest BCUT2D eigenvalue weighted by atomic mass is 10.3. The Morgan fingerprint density at radius 1 is 1.40 bits per heavy atom. The van der Waals surface area contributed by atoms with Crippen LogP contribution in [-0.2, 0) is 14.2 Å². The summed E-state index contributed by atoms with van der Waals surface area (Å²) in [6.07, 6.45) is -2.98. The monoisotopic (exact) mass is 152 g/mol. The molecule has 10 heavy (non-hydrogen) atoms. The maximum absolute atomic E-state index is 7.18. The Balaban J connectivity index is 2.80. The molecular formula is C7H14O3. The van der Waals surface area contributed by atoms with E-state index in [0.717, 1.165) is 0 Å². The number of ether oxygens (including phenoxy) is 3. The third kappa shape index (κ3) is 1.68. The van der Waals surface area contributed by atoms with Crippen molar-refractivity contribution < 1.29 is 22.4 Å². The van der Waals surface area contributed by atoms with Gasteiger partial charge in [-0.2, -0.15) is 0 Å². The molecule has 0 spiro atoms. The van der Waals surface area contributed by atoms with E-state index < -0.39 is 32.4 Å². The van der Waals surface area contributed by atoms with Crippen LogP contribution in [0.2, 0.25) is 0 Å². The molecule has 1 aliphatic heterocycles. The van der Waals surface area contributed by atoms with Crippen LogP contribution in [0.1, 0.15) is 28.9 Å². The van der Waals surface area contributed by atoms with E-state index in [0.29, 0.717) is 0 Å². The molecule has 1 saturated heterocycles. The molecule has 0 amide bonds. The van der Waals surface area contributed by atoms with Gasteiger partial charge in [0.05, 0.1) is 12.2 Å². The van der Waals surface area contributed by atoms with Crippen LogP contribution in [0.4, 0.5) is 0 Å². The van der Waals surface area contributed by atoms with Gasteiger partial charge in [-0.3, -0.25) is 0 Å². The van der Waals surface area contributed by atoms with Crippen molar-refractivity contribution in [1.82, 2.24) is 0 Å². The third-order valence-corrected chi connectivity index (χ3v) is 1.09. The van der Waals surface area contributed by atoms with Crippen LogP contribution in [0.3, 0.4) is 0 Å². The molecule has 1 fully saturated rings. The van der Waals surface area contributed by atoms with Crippen molar-refractivity contribution in [1.29, 1.82) is 0 Å². The highest BCUT2D eigenvalue weighted by Gasteiger charge is 2.29. The first-order valence-electron chi connectivity index (χ1n) is 6.08. The quantitative estimate of drug-likeness (QED) is 0.593. The van der Waals surface area contributed by atoms with E-state index >= 15 is 0 Å². The van der Waals surface area contributed by atoms with Crippen LogP contribution in [-0.4, -0.2) is 25.3 Å². The van der Waals surface area contributed by atoms with Gasteiger partial charge in [-0.15, -0.1) is 0 Å². The highest BCUT2D eigenvalue weighted by molar-refractivity contribution is 4.64. The van der Waals surface area contributed by atoms with Gasteiger partial charge in [-0.1, -0.05) is 0 Å². The summed E-state index contributed by atoms with van der Waals surface area (Å²) in [5.41, 5.74) is 0. The van der Waals surface area contributed by atoms with E-state index in [9.17, 15) is 0 Å². The Morgan fingerprint density at radius 3 is 2.40 bits per heavy atom. The molecule has 1 aliphatic rings. The second kappa shape index (κ2) is 3.32. The molecule has 3 heteroatoms. The second-order valence-electron chi connectivity index (χ2n) is 1.86. The molecule has 0 saturated carbocycles. The van der Waals surface area contributed by atoms with E-state index in [4.69, 9.17) is 22.4 Å². The van der Waals surface area contributed by atoms with Crippen LogP contribution < -0.4 is 0 Å². The molecule has 1 rings (SSSR count). The average molecular weight is 152 g/mol. The van der Waals surface area contributed by atoms with Crippen molar-refractivity contribution >= 4 is 0 Å². The molecule has 2 atom stereocenters. The number of rotatable bonds is 2. The van der Waals surface area contributed by atoms with Gasteiger partial charge in [-0.05, 0) is 20.6 Å². The van der Waals surface area contributed by atoms with Gasteiger partial charge in [0, 0.05) is 14.8 Å². The molecule has 1 heterocycles. The predicted molar refractivity (Wildman–Crippen MR) is 36.5 cm³/mol. The van der Waals surface area contributed by atoms with Crippen LogP contribution >= 0.6 is 0 Å². The van der Waals surface area contributed by atoms with Gasteiger partial charge < -0.3 is 14.2 Å². The zero-order chi connectivity index (χ0) is 12.6. The minimum Gasteiger partial charge on any atom is -0.330 e. The van der Waals surface area contributed by atoms with Crippen molar-refractivity contribution in [3.8, 4) is 0 Å². The van der Waals surface area contributed by atoms with Crippen molar-refractivity contribution in [2.45, 2.75) is 39.3 Å². The zero-order valence-corrected chi connectivity index (χ0v) is 5.66. The minimum atomic E-state index is -2.55. The Labute approximate surface area is 69.7 Å². The maximum atomic E-state index is 7.18. The lowest BCUT2D eigenvalue weighted by Gasteiger charge is -2.07. The van der Waals surface area contributed by atoms with E-state index in [1.165, 1.54) is 0 Å². The van der Waals surface area contributed by atoms with Crippen LogP contribution in [0.25, 0.3) is 0 Å². The van der Waals surface area contributed by atoms with Gasteiger partial charge in [-0.25, -0.2) is 0 Å². The van der Waals surface area contributed by atoms with Crippen molar-refractivity contribution in [2.75, 3.05) is 6.61 Å². The second-order valence-corrected chi connectivity index (χ2v) is 1.86. The molecule has 0 aromatic heterocycles. The predicted octanol–water partition coefficient (Wildman–Crippen LogP) is 1.13. The molecule has 60 valence electrons. The molecule has 0 N–H and O–H groups in total.